The molecule has 1 N–H and O–H groups in total. The zero-order valence-electron chi connectivity index (χ0n) is 15.4. The minimum absolute atomic E-state index is 0.404. The topological polar surface area (TPSA) is 69.8 Å². The molecule has 1 aromatic carbocycles. The van der Waals surface area contributed by atoms with Crippen LogP contribution < -0.4 is 5.32 Å². The van der Waals surface area contributed by atoms with Crippen molar-refractivity contribution in [3.05, 3.63) is 46.0 Å². The third-order valence-corrected chi connectivity index (χ3v) is 5.22. The Morgan fingerprint density at radius 1 is 1.27 bits per heavy atom. The number of aryl methyl sites for hydroxylation is 1. The fourth-order valence-corrected chi connectivity index (χ4v) is 3.44. The van der Waals surface area contributed by atoms with E-state index in [1.807, 2.05) is 6.92 Å². The summed E-state index contributed by atoms with van der Waals surface area (Å²) in [5.41, 5.74) is 1.34. The smallest absolute Gasteiger partial charge is 0.246 e. The molecule has 2 heterocycles. The highest BCUT2D eigenvalue weighted by atomic mass is 79.9. The lowest BCUT2D eigenvalue weighted by atomic mass is 10.1. The number of benzene rings is 1. The number of nitrogens with one attached hydrogen (secondary N) is 1. The average molecular weight is 421 g/mol. The Hall–Kier alpha value is -1.93. The van der Waals surface area contributed by atoms with Gasteiger partial charge in [0, 0.05) is 43.7 Å². The first-order valence-electron chi connectivity index (χ1n) is 8.81. The van der Waals surface area contributed by atoms with Gasteiger partial charge < -0.3 is 14.7 Å². The number of halogens is 1. The predicted molar refractivity (Wildman–Crippen MR) is 105 cm³/mol. The van der Waals surface area contributed by atoms with Gasteiger partial charge in [0.2, 0.25) is 5.89 Å². The first kappa shape index (κ1) is 18.8. The molecule has 2 aromatic rings. The van der Waals surface area contributed by atoms with Crippen LogP contribution in [-0.2, 0) is 6.54 Å². The second kappa shape index (κ2) is 8.64. The lowest BCUT2D eigenvalue weighted by Crippen LogP contribution is -2.52. The van der Waals surface area contributed by atoms with Crippen molar-refractivity contribution in [3.8, 4) is 0 Å². The lowest BCUT2D eigenvalue weighted by molar-refractivity contribution is 0.138. The quantitative estimate of drug-likeness (QED) is 0.605. The number of aromatic nitrogens is 2. The molecule has 0 amide bonds. The summed E-state index contributed by atoms with van der Waals surface area (Å²) in [7, 11) is 1.80. The Labute approximate surface area is 162 Å². The number of hydrogen-bond acceptors (Lipinski definition) is 5. The number of aliphatic imine (C=N–C) groups is 1. The van der Waals surface area contributed by atoms with Crippen LogP contribution in [0.15, 0.2) is 38.3 Å². The van der Waals surface area contributed by atoms with Gasteiger partial charge in [-0.3, -0.25) is 9.89 Å². The average Bonchev–Trinajstić information content (AvgIpc) is 3.08. The van der Waals surface area contributed by atoms with Gasteiger partial charge in [-0.2, -0.15) is 4.98 Å². The Kier molecular flexibility index (Phi) is 6.26. The molecule has 1 aliphatic heterocycles. The molecule has 0 radical (unpaired) electrons. The molecule has 1 saturated heterocycles. The van der Waals surface area contributed by atoms with Crippen LogP contribution in [-0.4, -0.2) is 59.1 Å². The lowest BCUT2D eigenvalue weighted by Gasteiger charge is -2.39. The second-order valence-corrected chi connectivity index (χ2v) is 7.30. The van der Waals surface area contributed by atoms with Gasteiger partial charge in [-0.25, -0.2) is 0 Å². The molecule has 1 fully saturated rings. The number of nitrogens with zero attached hydrogens (tertiary/aromatic N) is 5. The van der Waals surface area contributed by atoms with Crippen LogP contribution >= 0.6 is 15.9 Å². The summed E-state index contributed by atoms with van der Waals surface area (Å²) in [4.78, 5) is 13.4. The standard InChI is InChI=1S/C18H25BrN6O/c1-13(15-4-6-16(19)7-5-15)24-8-10-25(11-9-24)18(20-3)21-12-17-22-14(2)23-26-17/h4-7,13H,8-12H2,1-3H3,(H,20,21). The molecule has 1 unspecified atom stereocenters. The predicted octanol–water partition coefficient (Wildman–Crippen LogP) is 2.59. The Bertz CT molecular complexity index is 736. The zero-order chi connectivity index (χ0) is 18.5. The summed E-state index contributed by atoms with van der Waals surface area (Å²) in [6, 6.07) is 8.99. The highest BCUT2D eigenvalue weighted by Crippen LogP contribution is 2.23. The third-order valence-electron chi connectivity index (χ3n) is 4.69. The molecule has 1 aliphatic rings. The maximum Gasteiger partial charge on any atom is 0.246 e. The number of guanidine groups is 1. The summed E-state index contributed by atoms with van der Waals surface area (Å²) in [6.07, 6.45) is 0. The van der Waals surface area contributed by atoms with E-state index < -0.39 is 0 Å². The molecule has 7 nitrogen and oxygen atoms in total. The van der Waals surface area contributed by atoms with Crippen molar-refractivity contribution in [1.82, 2.24) is 25.3 Å². The first-order chi connectivity index (χ1) is 12.6. The molecule has 3 rings (SSSR count). The molecule has 0 saturated carbocycles. The van der Waals surface area contributed by atoms with Gasteiger partial charge in [0.15, 0.2) is 11.8 Å². The van der Waals surface area contributed by atoms with Gasteiger partial charge >= 0.3 is 0 Å². The van der Waals surface area contributed by atoms with Gasteiger partial charge in [-0.1, -0.05) is 33.2 Å². The van der Waals surface area contributed by atoms with E-state index in [4.69, 9.17) is 4.52 Å². The normalized spacial score (nSPS) is 17.4. The van der Waals surface area contributed by atoms with Gasteiger partial charge in [-0.05, 0) is 31.5 Å². The highest BCUT2D eigenvalue weighted by Gasteiger charge is 2.23. The van der Waals surface area contributed by atoms with E-state index in [1.54, 1.807) is 7.05 Å². The van der Waals surface area contributed by atoms with Crippen LogP contribution in [0.25, 0.3) is 0 Å². The molecule has 1 aromatic heterocycles. The molecule has 140 valence electrons. The van der Waals surface area contributed by atoms with Crippen LogP contribution in [0.4, 0.5) is 0 Å². The van der Waals surface area contributed by atoms with Crippen LogP contribution in [0.1, 0.15) is 30.2 Å². The Morgan fingerprint density at radius 3 is 2.54 bits per heavy atom. The van der Waals surface area contributed by atoms with Crippen molar-refractivity contribution in [3.63, 3.8) is 0 Å². The second-order valence-electron chi connectivity index (χ2n) is 6.39. The van der Waals surface area contributed by atoms with Gasteiger partial charge in [0.05, 0.1) is 6.54 Å². The molecule has 26 heavy (non-hydrogen) atoms. The molecule has 0 spiro atoms. The van der Waals surface area contributed by atoms with Crippen molar-refractivity contribution < 1.29 is 4.52 Å². The molecular formula is C18H25BrN6O. The summed E-state index contributed by atoms with van der Waals surface area (Å²) < 4.78 is 6.26. The van der Waals surface area contributed by atoms with E-state index in [1.165, 1.54) is 5.56 Å². The molecule has 8 heteroatoms. The van der Waals surface area contributed by atoms with Gasteiger partial charge in [-0.15, -0.1) is 0 Å². The molecule has 0 bridgehead atoms. The molecular weight excluding hydrogens is 396 g/mol. The summed E-state index contributed by atoms with van der Waals surface area (Å²) in [6.45, 7) is 8.43. The summed E-state index contributed by atoms with van der Waals surface area (Å²) >= 11 is 3.50. The van der Waals surface area contributed by atoms with Gasteiger partial charge in [0.25, 0.3) is 0 Å². The van der Waals surface area contributed by atoms with E-state index in [0.717, 1.165) is 36.6 Å². The van der Waals surface area contributed by atoms with E-state index in [-0.39, 0.29) is 0 Å². The first-order valence-corrected chi connectivity index (χ1v) is 9.60. The monoisotopic (exact) mass is 420 g/mol. The maximum atomic E-state index is 5.14. The largest absolute Gasteiger partial charge is 0.347 e. The Balaban J connectivity index is 1.52. The van der Waals surface area contributed by atoms with E-state index in [2.05, 4.69) is 77.4 Å². The fourth-order valence-electron chi connectivity index (χ4n) is 3.17. The van der Waals surface area contributed by atoms with E-state index in [0.29, 0.717) is 24.3 Å². The fraction of sp³-hybridized carbons (Fsp3) is 0.500. The minimum atomic E-state index is 0.404. The van der Waals surface area contributed by atoms with E-state index in [9.17, 15) is 0 Å². The third kappa shape index (κ3) is 4.62. The van der Waals surface area contributed by atoms with Crippen molar-refractivity contribution in [2.75, 3.05) is 33.2 Å². The zero-order valence-corrected chi connectivity index (χ0v) is 17.0. The van der Waals surface area contributed by atoms with Crippen molar-refractivity contribution in [2.24, 2.45) is 4.99 Å². The minimum Gasteiger partial charge on any atom is -0.347 e. The highest BCUT2D eigenvalue weighted by molar-refractivity contribution is 9.10. The summed E-state index contributed by atoms with van der Waals surface area (Å²) in [5.74, 6) is 2.09. The number of rotatable bonds is 4. The SMILES string of the molecule is CN=C(NCc1nc(C)no1)N1CCN(C(C)c2ccc(Br)cc2)CC1. The van der Waals surface area contributed by atoms with Crippen LogP contribution in [0, 0.1) is 6.92 Å². The number of piperazine rings is 1. The van der Waals surface area contributed by atoms with Crippen molar-refractivity contribution in [1.29, 1.82) is 0 Å². The van der Waals surface area contributed by atoms with Crippen LogP contribution in [0.3, 0.4) is 0 Å². The Morgan fingerprint density at radius 2 is 1.96 bits per heavy atom. The van der Waals surface area contributed by atoms with Crippen LogP contribution in [0.5, 0.6) is 0 Å². The van der Waals surface area contributed by atoms with Crippen LogP contribution in [0.2, 0.25) is 0 Å². The van der Waals surface area contributed by atoms with E-state index >= 15 is 0 Å². The maximum absolute atomic E-state index is 5.14. The molecule has 1 atom stereocenters. The van der Waals surface area contributed by atoms with Crippen molar-refractivity contribution in [2.45, 2.75) is 26.4 Å². The van der Waals surface area contributed by atoms with Crippen molar-refractivity contribution >= 4 is 21.9 Å². The number of hydrogen-bond donors (Lipinski definition) is 1. The summed E-state index contributed by atoms with van der Waals surface area (Å²) in [5, 5.41) is 7.11. The van der Waals surface area contributed by atoms with Gasteiger partial charge in [0.1, 0.15) is 0 Å². The molecule has 0 aliphatic carbocycles.